The molecule has 0 radical (unpaired) electrons. The minimum Gasteiger partial charge on any atom is -0.491 e. The van der Waals surface area contributed by atoms with Gasteiger partial charge in [-0.3, -0.25) is 4.79 Å². The lowest BCUT2D eigenvalue weighted by atomic mass is 10.0. The maximum atomic E-state index is 11.7. The number of amides is 1. The van der Waals surface area contributed by atoms with E-state index in [9.17, 15) is 4.79 Å². The molecule has 0 saturated carbocycles. The van der Waals surface area contributed by atoms with Gasteiger partial charge >= 0.3 is 0 Å². The Labute approximate surface area is 96.0 Å². The monoisotopic (exact) mass is 219 g/mol. The molecule has 1 aromatic carbocycles. The third kappa shape index (κ3) is 1.77. The van der Waals surface area contributed by atoms with Crippen LogP contribution < -0.4 is 9.64 Å². The summed E-state index contributed by atoms with van der Waals surface area (Å²) in [5.74, 6) is 1.38. The molecular formula is C13H17NO2. The number of ether oxygens (including phenoxy) is 1. The second-order valence-electron chi connectivity index (χ2n) is 4.40. The summed E-state index contributed by atoms with van der Waals surface area (Å²) in [6.45, 7) is 4.73. The van der Waals surface area contributed by atoms with Gasteiger partial charge in [-0.15, -0.1) is 0 Å². The first-order chi connectivity index (χ1) is 7.61. The van der Waals surface area contributed by atoms with E-state index in [-0.39, 0.29) is 5.91 Å². The van der Waals surface area contributed by atoms with Gasteiger partial charge in [0, 0.05) is 7.05 Å². The normalized spacial score (nSPS) is 15.8. The lowest BCUT2D eigenvalue weighted by molar-refractivity contribution is -0.118. The number of hydrogen-bond donors (Lipinski definition) is 0. The third-order valence-electron chi connectivity index (χ3n) is 2.94. The highest BCUT2D eigenvalue weighted by atomic mass is 16.5. The molecule has 0 fully saturated rings. The van der Waals surface area contributed by atoms with Gasteiger partial charge in [0.15, 0.2) is 0 Å². The van der Waals surface area contributed by atoms with E-state index in [2.05, 4.69) is 19.9 Å². The predicted octanol–water partition coefficient (Wildman–Crippen LogP) is 2.56. The van der Waals surface area contributed by atoms with Crippen LogP contribution in [-0.4, -0.2) is 19.6 Å². The maximum absolute atomic E-state index is 11.7. The number of carbonyl (C=O) groups excluding carboxylic acids is 1. The predicted molar refractivity (Wildman–Crippen MR) is 64.1 cm³/mol. The zero-order valence-corrected chi connectivity index (χ0v) is 9.99. The lowest BCUT2D eigenvalue weighted by Crippen LogP contribution is -2.25. The third-order valence-corrected chi connectivity index (χ3v) is 2.94. The van der Waals surface area contributed by atoms with E-state index >= 15 is 0 Å². The van der Waals surface area contributed by atoms with E-state index in [4.69, 9.17) is 4.74 Å². The van der Waals surface area contributed by atoms with Crippen molar-refractivity contribution < 1.29 is 9.53 Å². The molecule has 0 atom stereocenters. The Morgan fingerprint density at radius 2 is 2.12 bits per heavy atom. The van der Waals surface area contributed by atoms with Crippen LogP contribution in [0.1, 0.15) is 31.7 Å². The summed E-state index contributed by atoms with van der Waals surface area (Å²) in [6, 6.07) is 5.98. The fraction of sp³-hybridized carbons (Fsp3) is 0.462. The molecule has 0 unspecified atom stereocenters. The second kappa shape index (κ2) is 4.16. The standard InChI is InChI=1S/C13H17NO2/c1-9(2)10-5-4-6-11-13(10)16-8-7-12(15)14(11)3/h4-6,9H,7-8H2,1-3H3. The Kier molecular flexibility index (Phi) is 2.86. The Morgan fingerprint density at radius 1 is 1.38 bits per heavy atom. The van der Waals surface area contributed by atoms with Crippen LogP contribution in [-0.2, 0) is 4.79 Å². The van der Waals surface area contributed by atoms with E-state index < -0.39 is 0 Å². The van der Waals surface area contributed by atoms with Crippen LogP contribution in [0.3, 0.4) is 0 Å². The summed E-state index contributed by atoms with van der Waals surface area (Å²) in [5, 5.41) is 0. The summed E-state index contributed by atoms with van der Waals surface area (Å²) in [5.41, 5.74) is 2.05. The van der Waals surface area contributed by atoms with Crippen molar-refractivity contribution in [3.63, 3.8) is 0 Å². The topological polar surface area (TPSA) is 29.5 Å². The smallest absolute Gasteiger partial charge is 0.230 e. The van der Waals surface area contributed by atoms with Crippen LogP contribution in [0.15, 0.2) is 18.2 Å². The number of benzene rings is 1. The summed E-state index contributed by atoms with van der Waals surface area (Å²) in [6.07, 6.45) is 0.447. The molecule has 0 aromatic heterocycles. The molecule has 1 aromatic rings. The van der Waals surface area contributed by atoms with Crippen molar-refractivity contribution in [2.24, 2.45) is 0 Å². The number of rotatable bonds is 1. The molecule has 86 valence electrons. The Hall–Kier alpha value is -1.51. The van der Waals surface area contributed by atoms with E-state index in [1.807, 2.05) is 12.1 Å². The van der Waals surface area contributed by atoms with Gasteiger partial charge in [-0.2, -0.15) is 0 Å². The molecule has 0 bridgehead atoms. The average molecular weight is 219 g/mol. The van der Waals surface area contributed by atoms with Gasteiger partial charge < -0.3 is 9.64 Å². The number of para-hydroxylation sites is 1. The molecule has 1 aliphatic rings. The van der Waals surface area contributed by atoms with Crippen molar-refractivity contribution in [3.8, 4) is 5.75 Å². The SMILES string of the molecule is CC(C)c1cccc2c1OCCC(=O)N2C. The first-order valence-electron chi connectivity index (χ1n) is 5.63. The summed E-state index contributed by atoms with van der Waals surface area (Å²) >= 11 is 0. The zero-order chi connectivity index (χ0) is 11.7. The number of hydrogen-bond acceptors (Lipinski definition) is 2. The summed E-state index contributed by atoms with van der Waals surface area (Å²) in [4.78, 5) is 13.4. The first kappa shape index (κ1) is 11.0. The van der Waals surface area contributed by atoms with Gasteiger partial charge in [0.2, 0.25) is 5.91 Å². The van der Waals surface area contributed by atoms with Gasteiger partial charge in [0.1, 0.15) is 5.75 Å². The molecule has 1 heterocycles. The highest BCUT2D eigenvalue weighted by molar-refractivity contribution is 5.95. The average Bonchev–Trinajstić information content (AvgIpc) is 2.40. The maximum Gasteiger partial charge on any atom is 0.230 e. The van der Waals surface area contributed by atoms with Gasteiger partial charge in [-0.25, -0.2) is 0 Å². The van der Waals surface area contributed by atoms with Crippen molar-refractivity contribution in [3.05, 3.63) is 23.8 Å². The van der Waals surface area contributed by atoms with Crippen LogP contribution in [0.4, 0.5) is 5.69 Å². The second-order valence-corrected chi connectivity index (χ2v) is 4.40. The first-order valence-corrected chi connectivity index (χ1v) is 5.63. The van der Waals surface area contributed by atoms with Crippen molar-refractivity contribution in [1.29, 1.82) is 0 Å². The highest BCUT2D eigenvalue weighted by Gasteiger charge is 2.22. The molecule has 1 aliphatic heterocycles. The van der Waals surface area contributed by atoms with Gasteiger partial charge in [0.05, 0.1) is 18.7 Å². The molecule has 0 N–H and O–H groups in total. The Balaban J connectivity index is 2.53. The fourth-order valence-corrected chi connectivity index (χ4v) is 1.96. The molecule has 3 heteroatoms. The molecular weight excluding hydrogens is 202 g/mol. The van der Waals surface area contributed by atoms with Crippen molar-refractivity contribution in [1.82, 2.24) is 0 Å². The summed E-state index contributed by atoms with van der Waals surface area (Å²) in [7, 11) is 1.81. The van der Waals surface area contributed by atoms with Crippen LogP contribution in [0, 0.1) is 0 Å². The molecule has 16 heavy (non-hydrogen) atoms. The van der Waals surface area contributed by atoms with E-state index in [0.29, 0.717) is 18.9 Å². The zero-order valence-electron chi connectivity index (χ0n) is 9.99. The van der Waals surface area contributed by atoms with Crippen LogP contribution >= 0.6 is 0 Å². The van der Waals surface area contributed by atoms with Crippen molar-refractivity contribution in [2.75, 3.05) is 18.6 Å². The number of nitrogens with zero attached hydrogens (tertiary/aromatic N) is 1. The molecule has 0 aliphatic carbocycles. The van der Waals surface area contributed by atoms with Gasteiger partial charge in [-0.05, 0) is 17.5 Å². The Morgan fingerprint density at radius 3 is 2.81 bits per heavy atom. The van der Waals surface area contributed by atoms with E-state index in [0.717, 1.165) is 11.4 Å². The van der Waals surface area contributed by atoms with Crippen LogP contribution in [0.2, 0.25) is 0 Å². The number of fused-ring (bicyclic) bond motifs is 1. The molecule has 0 saturated heterocycles. The van der Waals surface area contributed by atoms with Gasteiger partial charge in [0.25, 0.3) is 0 Å². The van der Waals surface area contributed by atoms with Crippen molar-refractivity contribution >= 4 is 11.6 Å². The van der Waals surface area contributed by atoms with Crippen molar-refractivity contribution in [2.45, 2.75) is 26.2 Å². The van der Waals surface area contributed by atoms with Crippen LogP contribution in [0.5, 0.6) is 5.75 Å². The quantitative estimate of drug-likeness (QED) is 0.726. The lowest BCUT2D eigenvalue weighted by Gasteiger charge is -2.19. The summed E-state index contributed by atoms with van der Waals surface area (Å²) < 4.78 is 5.72. The highest BCUT2D eigenvalue weighted by Crippen LogP contribution is 2.37. The molecule has 3 nitrogen and oxygen atoms in total. The number of anilines is 1. The minimum atomic E-state index is 0.111. The number of carbonyl (C=O) groups is 1. The fourth-order valence-electron chi connectivity index (χ4n) is 1.96. The molecule has 2 rings (SSSR count). The molecule has 0 spiro atoms. The minimum absolute atomic E-state index is 0.111. The van der Waals surface area contributed by atoms with E-state index in [1.165, 1.54) is 5.56 Å². The van der Waals surface area contributed by atoms with E-state index in [1.54, 1.807) is 11.9 Å². The van der Waals surface area contributed by atoms with Crippen LogP contribution in [0.25, 0.3) is 0 Å². The molecule has 1 amide bonds. The Bertz CT molecular complexity index is 412. The largest absolute Gasteiger partial charge is 0.491 e. The van der Waals surface area contributed by atoms with Gasteiger partial charge in [-0.1, -0.05) is 26.0 Å².